The molecule has 0 bridgehead atoms. The maximum absolute atomic E-state index is 12.0. The van der Waals surface area contributed by atoms with Crippen LogP contribution in [0, 0.1) is 5.92 Å². The fourth-order valence-electron chi connectivity index (χ4n) is 2.33. The van der Waals surface area contributed by atoms with Gasteiger partial charge in [0.2, 0.25) is 11.8 Å². The average Bonchev–Trinajstić information content (AvgIpc) is 2.50. The summed E-state index contributed by atoms with van der Waals surface area (Å²) >= 11 is 0. The molecule has 1 fully saturated rings. The molecule has 1 aliphatic carbocycles. The summed E-state index contributed by atoms with van der Waals surface area (Å²) in [5, 5.41) is 5.42. The molecule has 0 aromatic heterocycles. The number of carbonyl (C=O) groups is 2. The fraction of sp³-hybridized carbons (Fsp3) is 0.846. The molecule has 2 unspecified atom stereocenters. The van der Waals surface area contributed by atoms with E-state index in [-0.39, 0.29) is 36.4 Å². The van der Waals surface area contributed by atoms with Gasteiger partial charge in [0.1, 0.15) is 0 Å². The van der Waals surface area contributed by atoms with Crippen LogP contribution in [-0.4, -0.2) is 30.4 Å². The molecule has 2 amide bonds. The molecule has 1 rings (SSSR count). The molecule has 0 aromatic carbocycles. The van der Waals surface area contributed by atoms with Gasteiger partial charge in [0, 0.05) is 12.1 Å². The second kappa shape index (κ2) is 7.36. The van der Waals surface area contributed by atoms with E-state index >= 15 is 0 Å². The van der Waals surface area contributed by atoms with E-state index in [1.54, 1.807) is 0 Å². The molecule has 0 saturated heterocycles. The molecular formula is C13H25N3O2. The highest BCUT2D eigenvalue weighted by molar-refractivity contribution is 5.86. The van der Waals surface area contributed by atoms with Crippen molar-refractivity contribution < 1.29 is 9.59 Å². The Morgan fingerprint density at radius 3 is 2.56 bits per heavy atom. The van der Waals surface area contributed by atoms with Crippen molar-refractivity contribution in [3.63, 3.8) is 0 Å². The van der Waals surface area contributed by atoms with Crippen molar-refractivity contribution in [2.75, 3.05) is 6.54 Å². The summed E-state index contributed by atoms with van der Waals surface area (Å²) in [6.45, 7) is 3.82. The summed E-state index contributed by atoms with van der Waals surface area (Å²) in [4.78, 5) is 23.4. The summed E-state index contributed by atoms with van der Waals surface area (Å²) in [6, 6.07) is 0.0233. The Kier molecular flexibility index (Phi) is 6.12. The molecular weight excluding hydrogens is 230 g/mol. The molecule has 0 spiro atoms. The lowest BCUT2D eigenvalue weighted by Crippen LogP contribution is -2.45. The molecule has 0 heterocycles. The highest BCUT2D eigenvalue weighted by Gasteiger charge is 2.27. The van der Waals surface area contributed by atoms with Crippen LogP contribution in [0.1, 0.15) is 46.0 Å². The van der Waals surface area contributed by atoms with Crippen LogP contribution >= 0.6 is 0 Å². The third-order valence-electron chi connectivity index (χ3n) is 3.28. The summed E-state index contributed by atoms with van der Waals surface area (Å²) in [7, 11) is 0. The van der Waals surface area contributed by atoms with E-state index in [9.17, 15) is 9.59 Å². The largest absolute Gasteiger partial charge is 0.352 e. The summed E-state index contributed by atoms with van der Waals surface area (Å²) in [5.41, 5.74) is 6.01. The summed E-state index contributed by atoms with van der Waals surface area (Å²) in [5.74, 6) is -0.372. The molecule has 1 aliphatic rings. The van der Waals surface area contributed by atoms with Crippen molar-refractivity contribution in [3.8, 4) is 0 Å². The smallest absolute Gasteiger partial charge is 0.239 e. The van der Waals surface area contributed by atoms with Crippen molar-refractivity contribution in [1.82, 2.24) is 10.6 Å². The average molecular weight is 255 g/mol. The molecule has 2 atom stereocenters. The Morgan fingerprint density at radius 1 is 1.22 bits per heavy atom. The van der Waals surface area contributed by atoms with Crippen LogP contribution in [0.3, 0.4) is 0 Å². The normalized spacial score (nSPS) is 24.4. The van der Waals surface area contributed by atoms with E-state index in [4.69, 9.17) is 5.73 Å². The van der Waals surface area contributed by atoms with Crippen molar-refractivity contribution >= 4 is 11.8 Å². The van der Waals surface area contributed by atoms with Crippen LogP contribution in [0.2, 0.25) is 0 Å². The van der Waals surface area contributed by atoms with Gasteiger partial charge in [-0.1, -0.05) is 19.3 Å². The second-order valence-corrected chi connectivity index (χ2v) is 5.35. The van der Waals surface area contributed by atoms with Gasteiger partial charge in [-0.3, -0.25) is 9.59 Å². The van der Waals surface area contributed by atoms with Gasteiger partial charge in [-0.15, -0.1) is 0 Å². The van der Waals surface area contributed by atoms with Crippen molar-refractivity contribution in [2.45, 2.75) is 58.0 Å². The number of nitrogens with one attached hydrogen (secondary N) is 2. The maximum Gasteiger partial charge on any atom is 0.239 e. The lowest BCUT2D eigenvalue weighted by Gasteiger charge is -2.20. The van der Waals surface area contributed by atoms with E-state index in [0.717, 1.165) is 32.1 Å². The molecule has 104 valence electrons. The third kappa shape index (κ3) is 5.04. The first-order chi connectivity index (χ1) is 8.50. The first-order valence-electron chi connectivity index (χ1n) is 6.83. The highest BCUT2D eigenvalue weighted by atomic mass is 16.2. The molecule has 1 saturated carbocycles. The van der Waals surface area contributed by atoms with E-state index < -0.39 is 0 Å². The minimum atomic E-state index is -0.152. The standard InChI is InChI=1S/C13H25N3O2/c1-9(2)16-12(17)8-15-13(18)10-6-4-3-5-7-11(10)14/h9-11H,3-8,14H2,1-2H3,(H,15,18)(H,16,17). The number of rotatable bonds is 4. The van der Waals surface area contributed by atoms with Gasteiger partial charge in [-0.05, 0) is 26.7 Å². The van der Waals surface area contributed by atoms with Crippen molar-refractivity contribution in [2.24, 2.45) is 11.7 Å². The fourth-order valence-corrected chi connectivity index (χ4v) is 2.33. The molecule has 4 N–H and O–H groups in total. The number of amides is 2. The van der Waals surface area contributed by atoms with Gasteiger partial charge >= 0.3 is 0 Å². The topological polar surface area (TPSA) is 84.2 Å². The SMILES string of the molecule is CC(C)NC(=O)CNC(=O)C1CCCCCC1N. The lowest BCUT2D eigenvalue weighted by atomic mass is 9.94. The molecule has 18 heavy (non-hydrogen) atoms. The van der Waals surface area contributed by atoms with Gasteiger partial charge in [0.25, 0.3) is 0 Å². The van der Waals surface area contributed by atoms with E-state index in [1.807, 2.05) is 13.8 Å². The predicted molar refractivity (Wildman–Crippen MR) is 70.8 cm³/mol. The maximum atomic E-state index is 12.0. The number of hydrogen-bond acceptors (Lipinski definition) is 3. The van der Waals surface area contributed by atoms with Gasteiger partial charge in [0.15, 0.2) is 0 Å². The molecule has 5 heteroatoms. The monoisotopic (exact) mass is 255 g/mol. The van der Waals surface area contributed by atoms with Crippen LogP contribution in [0.4, 0.5) is 0 Å². The zero-order valence-corrected chi connectivity index (χ0v) is 11.4. The van der Waals surface area contributed by atoms with Crippen LogP contribution in [0.25, 0.3) is 0 Å². The molecule has 5 nitrogen and oxygen atoms in total. The number of carbonyl (C=O) groups excluding carboxylic acids is 2. The minimum absolute atomic E-state index is 0.0419. The van der Waals surface area contributed by atoms with Gasteiger partial charge in [-0.2, -0.15) is 0 Å². The van der Waals surface area contributed by atoms with E-state index in [0.29, 0.717) is 0 Å². The molecule has 0 aromatic rings. The van der Waals surface area contributed by atoms with Crippen LogP contribution in [0.15, 0.2) is 0 Å². The van der Waals surface area contributed by atoms with Crippen LogP contribution in [-0.2, 0) is 9.59 Å². The van der Waals surface area contributed by atoms with E-state index in [2.05, 4.69) is 10.6 Å². The predicted octanol–water partition coefficient (Wildman–Crippen LogP) is 0.535. The minimum Gasteiger partial charge on any atom is -0.352 e. The Labute approximate surface area is 109 Å². The number of nitrogens with two attached hydrogens (primary N) is 1. The first-order valence-corrected chi connectivity index (χ1v) is 6.83. The lowest BCUT2D eigenvalue weighted by molar-refractivity contribution is -0.129. The Bertz CT molecular complexity index is 292. The van der Waals surface area contributed by atoms with E-state index in [1.165, 1.54) is 0 Å². The Balaban J connectivity index is 2.37. The van der Waals surface area contributed by atoms with Gasteiger partial charge in [0.05, 0.1) is 12.5 Å². The molecule has 0 radical (unpaired) electrons. The van der Waals surface area contributed by atoms with Crippen molar-refractivity contribution in [1.29, 1.82) is 0 Å². The zero-order valence-electron chi connectivity index (χ0n) is 11.4. The quantitative estimate of drug-likeness (QED) is 0.641. The van der Waals surface area contributed by atoms with Gasteiger partial charge in [-0.25, -0.2) is 0 Å². The zero-order chi connectivity index (χ0) is 13.5. The second-order valence-electron chi connectivity index (χ2n) is 5.35. The Hall–Kier alpha value is -1.10. The highest BCUT2D eigenvalue weighted by Crippen LogP contribution is 2.22. The van der Waals surface area contributed by atoms with Crippen molar-refractivity contribution in [3.05, 3.63) is 0 Å². The van der Waals surface area contributed by atoms with Crippen LogP contribution < -0.4 is 16.4 Å². The molecule has 0 aliphatic heterocycles. The van der Waals surface area contributed by atoms with Gasteiger partial charge < -0.3 is 16.4 Å². The summed E-state index contributed by atoms with van der Waals surface area (Å²) in [6.07, 6.45) is 5.02. The summed E-state index contributed by atoms with van der Waals surface area (Å²) < 4.78 is 0. The van der Waals surface area contributed by atoms with Crippen LogP contribution in [0.5, 0.6) is 0 Å². The number of hydrogen-bond donors (Lipinski definition) is 3. The Morgan fingerprint density at radius 2 is 1.89 bits per heavy atom. The first kappa shape index (κ1) is 15.0. The third-order valence-corrected chi connectivity index (χ3v) is 3.28.